The Morgan fingerprint density at radius 1 is 1.43 bits per heavy atom. The van der Waals surface area contributed by atoms with E-state index >= 15 is 0 Å². The van der Waals surface area contributed by atoms with Gasteiger partial charge in [-0.05, 0) is 37.0 Å². The minimum atomic E-state index is 0.0831. The van der Waals surface area contributed by atoms with Crippen LogP contribution in [0, 0.1) is 5.92 Å². The van der Waals surface area contributed by atoms with Crippen molar-refractivity contribution in [2.45, 2.75) is 45.6 Å². The number of halogens is 1. The van der Waals surface area contributed by atoms with E-state index in [4.69, 9.17) is 22.5 Å². The molecule has 0 spiro atoms. The third kappa shape index (κ3) is 3.82. The number of hydrogen-bond acceptors (Lipinski definition) is 3. The predicted molar refractivity (Wildman–Crippen MR) is 88.4 cm³/mol. The Morgan fingerprint density at radius 3 is 2.62 bits per heavy atom. The summed E-state index contributed by atoms with van der Waals surface area (Å²) in [6.45, 7) is 5.44. The average Bonchev–Trinajstić information content (AvgIpc) is 2.98. The van der Waals surface area contributed by atoms with Crippen molar-refractivity contribution in [1.29, 1.82) is 0 Å². The quantitative estimate of drug-likeness (QED) is 0.376. The zero-order chi connectivity index (χ0) is 15.4. The van der Waals surface area contributed by atoms with Gasteiger partial charge in [0.1, 0.15) is 0 Å². The molecule has 0 atom stereocenters. The van der Waals surface area contributed by atoms with Crippen molar-refractivity contribution in [1.82, 2.24) is 0 Å². The highest BCUT2D eigenvalue weighted by atomic mass is 35.5. The molecule has 0 aliphatic heterocycles. The first-order valence-electron chi connectivity index (χ1n) is 7.57. The van der Waals surface area contributed by atoms with Crippen molar-refractivity contribution in [3.05, 3.63) is 28.8 Å². The predicted octanol–water partition coefficient (Wildman–Crippen LogP) is 3.84. The van der Waals surface area contributed by atoms with Crippen LogP contribution in [0.5, 0.6) is 0 Å². The molecule has 1 aliphatic carbocycles. The molecule has 5 heteroatoms. The third-order valence-electron chi connectivity index (χ3n) is 3.99. The van der Waals surface area contributed by atoms with Crippen LogP contribution < -0.4 is 10.6 Å². The second-order valence-electron chi connectivity index (χ2n) is 6.14. The first-order chi connectivity index (χ1) is 10.0. The molecule has 2 rings (SSSR count). The van der Waals surface area contributed by atoms with E-state index in [1.165, 1.54) is 25.7 Å². The summed E-state index contributed by atoms with van der Waals surface area (Å²) in [5.41, 5.74) is 7.31. The van der Waals surface area contributed by atoms with E-state index in [1.54, 1.807) is 6.07 Å². The molecule has 1 aliphatic rings. The van der Waals surface area contributed by atoms with E-state index in [0.29, 0.717) is 22.5 Å². The summed E-state index contributed by atoms with van der Waals surface area (Å²) in [4.78, 5) is 2.43. The zero-order valence-electron chi connectivity index (χ0n) is 12.7. The van der Waals surface area contributed by atoms with E-state index in [-0.39, 0.29) is 5.84 Å². The molecule has 0 heterocycles. The molecule has 21 heavy (non-hydrogen) atoms. The molecule has 0 radical (unpaired) electrons. The lowest BCUT2D eigenvalue weighted by Crippen LogP contribution is -2.36. The van der Waals surface area contributed by atoms with Crippen LogP contribution in [-0.4, -0.2) is 23.6 Å². The lowest BCUT2D eigenvalue weighted by atomic mass is 10.1. The van der Waals surface area contributed by atoms with Crippen LogP contribution >= 0.6 is 11.6 Å². The van der Waals surface area contributed by atoms with Crippen molar-refractivity contribution in [3.63, 3.8) is 0 Å². The smallest absolute Gasteiger partial charge is 0.170 e. The summed E-state index contributed by atoms with van der Waals surface area (Å²) in [5.74, 6) is 0.658. The molecule has 1 aromatic carbocycles. The molecule has 0 amide bonds. The third-order valence-corrected chi connectivity index (χ3v) is 4.29. The molecule has 0 bridgehead atoms. The summed E-state index contributed by atoms with van der Waals surface area (Å²) < 4.78 is 0. The number of oxime groups is 1. The van der Waals surface area contributed by atoms with Crippen LogP contribution in [-0.2, 0) is 0 Å². The highest BCUT2D eigenvalue weighted by Crippen LogP contribution is 2.34. The number of nitrogens with zero attached hydrogens (tertiary/aromatic N) is 2. The molecule has 3 N–H and O–H groups in total. The molecule has 0 unspecified atom stereocenters. The van der Waals surface area contributed by atoms with Crippen molar-refractivity contribution in [2.24, 2.45) is 16.8 Å². The number of hydrogen-bond donors (Lipinski definition) is 2. The molecule has 1 saturated carbocycles. The number of benzene rings is 1. The fourth-order valence-electron chi connectivity index (χ4n) is 3.01. The van der Waals surface area contributed by atoms with E-state index in [9.17, 15) is 0 Å². The van der Waals surface area contributed by atoms with E-state index in [2.05, 4.69) is 23.9 Å². The zero-order valence-corrected chi connectivity index (χ0v) is 13.5. The summed E-state index contributed by atoms with van der Waals surface area (Å²) in [6.07, 6.45) is 5.04. The first kappa shape index (κ1) is 16.0. The van der Waals surface area contributed by atoms with Gasteiger partial charge in [-0.2, -0.15) is 0 Å². The molecule has 4 nitrogen and oxygen atoms in total. The Labute approximate surface area is 131 Å². The molecular formula is C16H24ClN3O. The van der Waals surface area contributed by atoms with Crippen LogP contribution in [0.1, 0.15) is 45.1 Å². The number of nitrogens with two attached hydrogens (primary N) is 1. The fraction of sp³-hybridized carbons (Fsp3) is 0.562. The van der Waals surface area contributed by atoms with Gasteiger partial charge in [-0.3, -0.25) is 0 Å². The van der Waals surface area contributed by atoms with Gasteiger partial charge in [0.25, 0.3) is 0 Å². The SMILES string of the molecule is CC(C)CN(c1ccc(/C(N)=N/O)cc1Cl)C1CCCC1. The van der Waals surface area contributed by atoms with Crippen molar-refractivity contribution in [3.8, 4) is 0 Å². The van der Waals surface area contributed by atoms with Crippen molar-refractivity contribution < 1.29 is 5.21 Å². The van der Waals surface area contributed by atoms with Crippen LogP contribution in [0.25, 0.3) is 0 Å². The number of amidine groups is 1. The second-order valence-corrected chi connectivity index (χ2v) is 6.54. The highest BCUT2D eigenvalue weighted by Gasteiger charge is 2.25. The Morgan fingerprint density at radius 2 is 2.10 bits per heavy atom. The summed E-state index contributed by atoms with van der Waals surface area (Å²) in [7, 11) is 0. The molecule has 1 fully saturated rings. The maximum absolute atomic E-state index is 8.76. The van der Waals surface area contributed by atoms with E-state index < -0.39 is 0 Å². The standard InChI is InChI=1S/C16H24ClN3O/c1-11(2)10-20(13-5-3-4-6-13)15-8-7-12(9-14(15)17)16(18)19-21/h7-9,11,13,21H,3-6,10H2,1-2H3,(H2,18,19). The van der Waals surface area contributed by atoms with Gasteiger partial charge < -0.3 is 15.8 Å². The van der Waals surface area contributed by atoms with Gasteiger partial charge in [0.15, 0.2) is 5.84 Å². The lowest BCUT2D eigenvalue weighted by Gasteiger charge is -2.33. The Kier molecular flexibility index (Phi) is 5.34. The number of anilines is 1. The van der Waals surface area contributed by atoms with Crippen LogP contribution in [0.4, 0.5) is 5.69 Å². The van der Waals surface area contributed by atoms with Gasteiger partial charge in [0, 0.05) is 18.2 Å². The summed E-state index contributed by atoms with van der Waals surface area (Å²) in [5, 5.41) is 12.4. The normalized spacial score (nSPS) is 16.7. The number of rotatable bonds is 5. The maximum Gasteiger partial charge on any atom is 0.170 e. The van der Waals surface area contributed by atoms with Gasteiger partial charge >= 0.3 is 0 Å². The topological polar surface area (TPSA) is 61.8 Å². The lowest BCUT2D eigenvalue weighted by molar-refractivity contribution is 0.318. The van der Waals surface area contributed by atoms with Gasteiger partial charge in [-0.1, -0.05) is 43.4 Å². The highest BCUT2D eigenvalue weighted by molar-refractivity contribution is 6.33. The first-order valence-corrected chi connectivity index (χ1v) is 7.94. The van der Waals surface area contributed by atoms with E-state index in [1.807, 2.05) is 12.1 Å². The molecule has 0 saturated heterocycles. The summed E-state index contributed by atoms with van der Waals surface area (Å²) in [6, 6.07) is 6.18. The molecular weight excluding hydrogens is 286 g/mol. The van der Waals surface area contributed by atoms with Gasteiger partial charge in [-0.15, -0.1) is 0 Å². The monoisotopic (exact) mass is 309 g/mol. The molecule has 116 valence electrons. The van der Waals surface area contributed by atoms with Crippen molar-refractivity contribution >= 4 is 23.1 Å². The second kappa shape index (κ2) is 7.03. The minimum Gasteiger partial charge on any atom is -0.409 e. The van der Waals surface area contributed by atoms with Crippen LogP contribution in [0.3, 0.4) is 0 Å². The van der Waals surface area contributed by atoms with Gasteiger partial charge in [-0.25, -0.2) is 0 Å². The summed E-state index contributed by atoms with van der Waals surface area (Å²) >= 11 is 6.45. The van der Waals surface area contributed by atoms with E-state index in [0.717, 1.165) is 12.2 Å². The molecule has 1 aromatic rings. The van der Waals surface area contributed by atoms with Gasteiger partial charge in [0.2, 0.25) is 0 Å². The average molecular weight is 310 g/mol. The largest absolute Gasteiger partial charge is 0.409 e. The minimum absolute atomic E-state index is 0.0831. The molecule has 0 aromatic heterocycles. The van der Waals surface area contributed by atoms with Crippen LogP contribution in [0.15, 0.2) is 23.4 Å². The van der Waals surface area contributed by atoms with Gasteiger partial charge in [0.05, 0.1) is 10.7 Å². The maximum atomic E-state index is 8.76. The Hall–Kier alpha value is -1.42. The Balaban J connectivity index is 2.31. The van der Waals surface area contributed by atoms with Crippen molar-refractivity contribution in [2.75, 3.05) is 11.4 Å². The Bertz CT molecular complexity index is 510. The van der Waals surface area contributed by atoms with Crippen LogP contribution in [0.2, 0.25) is 5.02 Å². The fourth-order valence-corrected chi connectivity index (χ4v) is 3.30.